The van der Waals surface area contributed by atoms with E-state index in [0.717, 1.165) is 33.9 Å². The summed E-state index contributed by atoms with van der Waals surface area (Å²) < 4.78 is 3.84. The van der Waals surface area contributed by atoms with Gasteiger partial charge in [0.2, 0.25) is 0 Å². The van der Waals surface area contributed by atoms with Gasteiger partial charge in [-0.15, -0.1) is 5.10 Å². The highest BCUT2D eigenvalue weighted by Gasteiger charge is 2.18. The van der Waals surface area contributed by atoms with E-state index in [4.69, 9.17) is 28.2 Å². The Morgan fingerprint density at radius 2 is 1.55 bits per heavy atom. The predicted molar refractivity (Wildman–Crippen MR) is 115 cm³/mol. The Morgan fingerprint density at radius 3 is 2.31 bits per heavy atom. The molecule has 0 spiro atoms. The summed E-state index contributed by atoms with van der Waals surface area (Å²) in [5.74, 6) is 0. The van der Waals surface area contributed by atoms with Crippen molar-refractivity contribution >= 4 is 28.8 Å². The number of rotatable bonds is 4. The van der Waals surface area contributed by atoms with Crippen molar-refractivity contribution in [1.29, 1.82) is 0 Å². The summed E-state index contributed by atoms with van der Waals surface area (Å²) >= 11 is 12.0. The molecule has 5 aromatic rings. The molecule has 0 saturated heterocycles. The fourth-order valence-electron chi connectivity index (χ4n) is 3.31. The Morgan fingerprint density at radius 1 is 0.828 bits per heavy atom. The highest BCUT2D eigenvalue weighted by Crippen LogP contribution is 2.32. The van der Waals surface area contributed by atoms with Crippen LogP contribution in [0.1, 0.15) is 5.56 Å². The molecule has 0 aliphatic carbocycles. The zero-order chi connectivity index (χ0) is 19.8. The van der Waals surface area contributed by atoms with Crippen LogP contribution < -0.4 is 0 Å². The van der Waals surface area contributed by atoms with Crippen molar-refractivity contribution in [1.82, 2.24) is 24.4 Å². The van der Waals surface area contributed by atoms with Crippen molar-refractivity contribution in [3.8, 4) is 22.6 Å². The van der Waals surface area contributed by atoms with Crippen LogP contribution in [0.3, 0.4) is 0 Å². The number of aromatic nitrogens is 5. The lowest BCUT2D eigenvalue weighted by Crippen LogP contribution is -1.99. The van der Waals surface area contributed by atoms with Crippen molar-refractivity contribution in [3.63, 3.8) is 0 Å². The summed E-state index contributed by atoms with van der Waals surface area (Å²) in [5.41, 5.74) is 5.40. The molecule has 2 aromatic carbocycles. The van der Waals surface area contributed by atoms with Crippen LogP contribution in [-0.2, 0) is 6.54 Å². The van der Waals surface area contributed by atoms with Crippen molar-refractivity contribution in [3.05, 3.63) is 94.7 Å². The summed E-state index contributed by atoms with van der Waals surface area (Å²) in [7, 11) is 0. The second kappa shape index (κ2) is 7.35. The predicted octanol–water partition coefficient (Wildman–Crippen LogP) is 5.61. The van der Waals surface area contributed by atoms with Crippen LogP contribution in [0.15, 0.2) is 79.1 Å². The SMILES string of the molecule is Clc1ccc(Cn2cc(-c3c(-c4ccc(Cl)cc4)nc4ccccn34)nn2)cc1. The normalized spacial score (nSPS) is 11.2. The summed E-state index contributed by atoms with van der Waals surface area (Å²) in [5, 5.41) is 10.1. The van der Waals surface area contributed by atoms with Gasteiger partial charge in [0, 0.05) is 21.8 Å². The van der Waals surface area contributed by atoms with Crippen molar-refractivity contribution in [2.75, 3.05) is 0 Å². The van der Waals surface area contributed by atoms with Crippen molar-refractivity contribution < 1.29 is 0 Å². The molecule has 142 valence electrons. The molecule has 5 nitrogen and oxygen atoms in total. The van der Waals surface area contributed by atoms with Crippen LogP contribution in [0.4, 0.5) is 0 Å². The summed E-state index contributed by atoms with van der Waals surface area (Å²) in [6.07, 6.45) is 3.92. The fourth-order valence-corrected chi connectivity index (χ4v) is 3.56. The molecule has 0 amide bonds. The third-order valence-electron chi connectivity index (χ3n) is 4.69. The molecule has 0 saturated carbocycles. The Balaban J connectivity index is 1.59. The molecule has 5 rings (SSSR count). The zero-order valence-corrected chi connectivity index (χ0v) is 16.7. The van der Waals surface area contributed by atoms with Gasteiger partial charge in [-0.1, -0.05) is 58.7 Å². The molecule has 3 heterocycles. The molecular weight excluding hydrogens is 405 g/mol. The maximum absolute atomic E-state index is 6.07. The number of pyridine rings is 1. The molecule has 0 aliphatic heterocycles. The first-order chi connectivity index (χ1) is 14.2. The van der Waals surface area contributed by atoms with Gasteiger partial charge in [0.15, 0.2) is 0 Å². The van der Waals surface area contributed by atoms with Gasteiger partial charge < -0.3 is 0 Å². The minimum absolute atomic E-state index is 0.608. The maximum atomic E-state index is 6.07. The van der Waals surface area contributed by atoms with Crippen LogP contribution in [0.25, 0.3) is 28.3 Å². The van der Waals surface area contributed by atoms with Crippen LogP contribution >= 0.6 is 23.2 Å². The number of hydrogen-bond donors (Lipinski definition) is 0. The van der Waals surface area contributed by atoms with Gasteiger partial charge in [-0.2, -0.15) is 0 Å². The molecule has 7 heteroatoms. The van der Waals surface area contributed by atoms with Gasteiger partial charge in [-0.3, -0.25) is 4.40 Å². The fraction of sp³-hybridized carbons (Fsp3) is 0.0455. The number of benzene rings is 2. The molecule has 3 aromatic heterocycles. The second-order valence-electron chi connectivity index (χ2n) is 6.67. The monoisotopic (exact) mass is 419 g/mol. The van der Waals surface area contributed by atoms with Crippen LogP contribution in [0.2, 0.25) is 10.0 Å². The zero-order valence-electron chi connectivity index (χ0n) is 15.2. The standard InChI is InChI=1S/C22H15Cl2N5/c23-17-8-4-15(5-9-17)13-28-14-19(26-27-28)22-21(16-6-10-18(24)11-7-16)25-20-3-1-2-12-29(20)22/h1-12,14H,13H2. The lowest BCUT2D eigenvalue weighted by Gasteiger charge is -2.03. The van der Waals surface area contributed by atoms with E-state index >= 15 is 0 Å². The van der Waals surface area contributed by atoms with E-state index in [-0.39, 0.29) is 0 Å². The average molecular weight is 420 g/mol. The van der Waals surface area contributed by atoms with Gasteiger partial charge in [-0.05, 0) is 42.0 Å². The third kappa shape index (κ3) is 3.50. The first-order valence-electron chi connectivity index (χ1n) is 9.05. The van der Waals surface area contributed by atoms with E-state index in [1.54, 1.807) is 0 Å². The Bertz CT molecular complexity index is 1290. The quantitative estimate of drug-likeness (QED) is 0.380. The lowest BCUT2D eigenvalue weighted by molar-refractivity contribution is 0.650. The van der Waals surface area contributed by atoms with E-state index in [0.29, 0.717) is 16.6 Å². The van der Waals surface area contributed by atoms with Gasteiger partial charge >= 0.3 is 0 Å². The molecule has 0 atom stereocenters. The average Bonchev–Trinajstić information content (AvgIpc) is 3.34. The first kappa shape index (κ1) is 17.9. The van der Waals surface area contributed by atoms with Crippen molar-refractivity contribution in [2.45, 2.75) is 6.54 Å². The molecule has 0 fully saturated rings. The summed E-state index contributed by atoms with van der Waals surface area (Å²) in [6, 6.07) is 21.3. The molecule has 0 N–H and O–H groups in total. The number of fused-ring (bicyclic) bond motifs is 1. The highest BCUT2D eigenvalue weighted by atomic mass is 35.5. The summed E-state index contributed by atoms with van der Waals surface area (Å²) in [6.45, 7) is 0.608. The smallest absolute Gasteiger partial charge is 0.137 e. The number of hydrogen-bond acceptors (Lipinski definition) is 3. The van der Waals surface area contributed by atoms with Gasteiger partial charge in [0.1, 0.15) is 17.0 Å². The van der Waals surface area contributed by atoms with E-state index < -0.39 is 0 Å². The van der Waals surface area contributed by atoms with Gasteiger partial charge in [0.05, 0.1) is 18.4 Å². The largest absolute Gasteiger partial charge is 0.298 e. The van der Waals surface area contributed by atoms with E-state index in [1.165, 1.54) is 0 Å². The Labute approximate surface area is 177 Å². The Hall–Kier alpha value is -3.15. The topological polar surface area (TPSA) is 48.0 Å². The number of imidazole rings is 1. The van der Waals surface area contributed by atoms with E-state index in [1.807, 2.05) is 88.2 Å². The molecule has 29 heavy (non-hydrogen) atoms. The van der Waals surface area contributed by atoms with Crippen molar-refractivity contribution in [2.24, 2.45) is 0 Å². The Kier molecular flexibility index (Phi) is 4.54. The summed E-state index contributed by atoms with van der Waals surface area (Å²) in [4.78, 5) is 4.82. The highest BCUT2D eigenvalue weighted by molar-refractivity contribution is 6.30. The molecular formula is C22H15Cl2N5. The molecule has 0 unspecified atom stereocenters. The minimum atomic E-state index is 0.608. The molecule has 0 bridgehead atoms. The molecule has 0 radical (unpaired) electrons. The van der Waals surface area contributed by atoms with Gasteiger partial charge in [0.25, 0.3) is 0 Å². The van der Waals surface area contributed by atoms with Gasteiger partial charge in [-0.25, -0.2) is 9.67 Å². The number of halogens is 2. The lowest BCUT2D eigenvalue weighted by atomic mass is 10.1. The van der Waals surface area contributed by atoms with E-state index in [2.05, 4.69) is 10.3 Å². The second-order valence-corrected chi connectivity index (χ2v) is 7.55. The van der Waals surface area contributed by atoms with Crippen LogP contribution in [-0.4, -0.2) is 24.4 Å². The molecule has 0 aliphatic rings. The number of nitrogens with zero attached hydrogens (tertiary/aromatic N) is 5. The first-order valence-corrected chi connectivity index (χ1v) is 9.81. The minimum Gasteiger partial charge on any atom is -0.298 e. The third-order valence-corrected chi connectivity index (χ3v) is 5.19. The van der Waals surface area contributed by atoms with Crippen LogP contribution in [0.5, 0.6) is 0 Å². The maximum Gasteiger partial charge on any atom is 0.137 e. The van der Waals surface area contributed by atoms with E-state index in [9.17, 15) is 0 Å². The van der Waals surface area contributed by atoms with Crippen LogP contribution in [0, 0.1) is 0 Å².